The molecule has 0 saturated heterocycles. The van der Waals surface area contributed by atoms with Gasteiger partial charge in [-0.05, 0) is 19.2 Å². The molecule has 0 aliphatic heterocycles. The van der Waals surface area contributed by atoms with Crippen LogP contribution in [-0.4, -0.2) is 38.2 Å². The van der Waals surface area contributed by atoms with E-state index < -0.39 is 0 Å². The summed E-state index contributed by atoms with van der Waals surface area (Å²) in [5.41, 5.74) is 1.43. The van der Waals surface area contributed by atoms with Gasteiger partial charge in [-0.3, -0.25) is 14.5 Å². The minimum Gasteiger partial charge on any atom is -0.359 e. The zero-order chi connectivity index (χ0) is 15.4. The zero-order valence-corrected chi connectivity index (χ0v) is 12.3. The highest BCUT2D eigenvalue weighted by Gasteiger charge is 2.09. The Morgan fingerprint density at radius 3 is 3.00 bits per heavy atom. The number of hydrogen-bond donors (Lipinski definition) is 1. The lowest BCUT2D eigenvalue weighted by Gasteiger charge is -2.14. The van der Waals surface area contributed by atoms with E-state index in [4.69, 9.17) is 4.52 Å². The molecule has 0 atom stereocenters. The number of nitrogens with zero attached hydrogens (tertiary/aromatic N) is 4. The van der Waals surface area contributed by atoms with E-state index in [0.29, 0.717) is 13.1 Å². The third-order valence-electron chi connectivity index (χ3n) is 3.36. The maximum absolute atomic E-state index is 11.4. The fourth-order valence-electron chi connectivity index (χ4n) is 2.17. The molecule has 7 nitrogen and oxygen atoms in total. The molecule has 0 fully saturated rings. The molecule has 0 amide bonds. The zero-order valence-electron chi connectivity index (χ0n) is 12.3. The first-order valence-corrected chi connectivity index (χ1v) is 7.02. The Bertz CT molecular complexity index is 774. The van der Waals surface area contributed by atoms with E-state index in [0.717, 1.165) is 23.7 Å². The first-order chi connectivity index (χ1) is 10.7. The Kier molecular flexibility index (Phi) is 4.15. The molecule has 0 saturated carbocycles. The predicted molar refractivity (Wildman–Crippen MR) is 81.1 cm³/mol. The van der Waals surface area contributed by atoms with Gasteiger partial charge in [0.05, 0.1) is 12.2 Å². The summed E-state index contributed by atoms with van der Waals surface area (Å²) in [4.78, 5) is 20.3. The van der Waals surface area contributed by atoms with Crippen molar-refractivity contribution in [2.75, 3.05) is 13.6 Å². The van der Waals surface area contributed by atoms with Gasteiger partial charge in [0.1, 0.15) is 5.69 Å². The lowest BCUT2D eigenvalue weighted by molar-refractivity contribution is 0.264. The average molecular weight is 299 g/mol. The molecule has 22 heavy (non-hydrogen) atoms. The van der Waals surface area contributed by atoms with Gasteiger partial charge in [-0.2, -0.15) is 0 Å². The Morgan fingerprint density at radius 1 is 1.36 bits per heavy atom. The van der Waals surface area contributed by atoms with Gasteiger partial charge in [-0.1, -0.05) is 11.2 Å². The van der Waals surface area contributed by atoms with Crippen molar-refractivity contribution >= 4 is 0 Å². The summed E-state index contributed by atoms with van der Waals surface area (Å²) in [7, 11) is 1.97. The second kappa shape index (κ2) is 6.40. The maximum Gasteiger partial charge on any atom is 0.325 e. The summed E-state index contributed by atoms with van der Waals surface area (Å²) in [5, 5.41) is 4.04. The molecule has 3 aromatic heterocycles. The van der Waals surface area contributed by atoms with Gasteiger partial charge < -0.3 is 9.51 Å². The van der Waals surface area contributed by atoms with Gasteiger partial charge in [0.15, 0.2) is 5.76 Å². The fourth-order valence-corrected chi connectivity index (χ4v) is 2.17. The molecule has 3 heterocycles. The maximum atomic E-state index is 11.4. The Balaban J connectivity index is 1.58. The molecule has 3 aromatic rings. The molecule has 1 N–H and O–H groups in total. The SMILES string of the molecule is CN(CCn1cc[nH]c1=O)Cc1cc(-c2ccccn2)no1. The summed E-state index contributed by atoms with van der Waals surface area (Å²) < 4.78 is 6.98. The van der Waals surface area contributed by atoms with E-state index in [1.165, 1.54) is 0 Å². The molecule has 0 aliphatic rings. The second-order valence-electron chi connectivity index (χ2n) is 5.09. The molecule has 114 valence electrons. The van der Waals surface area contributed by atoms with Gasteiger partial charge in [0.2, 0.25) is 0 Å². The molecule has 0 spiro atoms. The molecule has 0 aliphatic carbocycles. The molecule has 0 aromatic carbocycles. The van der Waals surface area contributed by atoms with E-state index >= 15 is 0 Å². The quantitative estimate of drug-likeness (QED) is 0.743. The van der Waals surface area contributed by atoms with Crippen LogP contribution in [0.4, 0.5) is 0 Å². The lowest BCUT2D eigenvalue weighted by Crippen LogP contribution is -2.26. The van der Waals surface area contributed by atoms with Crippen LogP contribution in [-0.2, 0) is 13.1 Å². The number of nitrogens with one attached hydrogen (secondary N) is 1. The van der Waals surface area contributed by atoms with Gasteiger partial charge in [0.25, 0.3) is 0 Å². The van der Waals surface area contributed by atoms with Crippen LogP contribution in [0.15, 0.2) is 52.2 Å². The monoisotopic (exact) mass is 299 g/mol. The van der Waals surface area contributed by atoms with Gasteiger partial charge >= 0.3 is 5.69 Å². The minimum absolute atomic E-state index is 0.0921. The van der Waals surface area contributed by atoms with Crippen molar-refractivity contribution in [2.24, 2.45) is 0 Å². The van der Waals surface area contributed by atoms with Crippen LogP contribution in [0.1, 0.15) is 5.76 Å². The van der Waals surface area contributed by atoms with Gasteiger partial charge in [-0.25, -0.2) is 4.79 Å². The third-order valence-corrected chi connectivity index (χ3v) is 3.36. The molecule has 0 bridgehead atoms. The summed E-state index contributed by atoms with van der Waals surface area (Å²) in [6.07, 6.45) is 5.10. The molecular weight excluding hydrogens is 282 g/mol. The van der Waals surface area contributed by atoms with E-state index in [1.54, 1.807) is 23.2 Å². The van der Waals surface area contributed by atoms with Crippen molar-refractivity contribution in [3.8, 4) is 11.4 Å². The van der Waals surface area contributed by atoms with Crippen LogP contribution < -0.4 is 5.69 Å². The molecule has 7 heteroatoms. The first kappa shape index (κ1) is 14.3. The minimum atomic E-state index is -0.0921. The van der Waals surface area contributed by atoms with Crippen LogP contribution in [0.2, 0.25) is 0 Å². The van der Waals surface area contributed by atoms with E-state index in [-0.39, 0.29) is 5.69 Å². The first-order valence-electron chi connectivity index (χ1n) is 7.02. The summed E-state index contributed by atoms with van der Waals surface area (Å²) in [6, 6.07) is 7.56. The average Bonchev–Trinajstić information content (AvgIpc) is 3.15. The van der Waals surface area contributed by atoms with Gasteiger partial charge in [0, 0.05) is 37.7 Å². The van der Waals surface area contributed by atoms with Crippen molar-refractivity contribution in [1.29, 1.82) is 0 Å². The lowest BCUT2D eigenvalue weighted by atomic mass is 10.2. The molecule has 3 rings (SSSR count). The number of aromatic amines is 1. The number of imidazole rings is 1. The topological polar surface area (TPSA) is 80.0 Å². The largest absolute Gasteiger partial charge is 0.359 e. The van der Waals surface area contributed by atoms with Crippen LogP contribution in [0.3, 0.4) is 0 Å². The third kappa shape index (κ3) is 3.32. The Hall–Kier alpha value is -2.67. The summed E-state index contributed by atoms with van der Waals surface area (Å²) in [5.74, 6) is 0.768. The number of likely N-dealkylation sites (N-methyl/N-ethyl adjacent to an activating group) is 1. The van der Waals surface area contributed by atoms with E-state index in [1.807, 2.05) is 31.3 Å². The van der Waals surface area contributed by atoms with Gasteiger partial charge in [-0.15, -0.1) is 0 Å². The van der Waals surface area contributed by atoms with E-state index in [9.17, 15) is 4.79 Å². The summed E-state index contributed by atoms with van der Waals surface area (Å²) >= 11 is 0. The number of hydrogen-bond acceptors (Lipinski definition) is 5. The number of pyridine rings is 1. The smallest absolute Gasteiger partial charge is 0.325 e. The highest BCUT2D eigenvalue weighted by Crippen LogP contribution is 2.16. The van der Waals surface area contributed by atoms with Crippen molar-refractivity contribution in [3.05, 3.63) is 59.1 Å². The van der Waals surface area contributed by atoms with Crippen LogP contribution in [0, 0.1) is 0 Å². The van der Waals surface area contributed by atoms with Crippen LogP contribution in [0.5, 0.6) is 0 Å². The van der Waals surface area contributed by atoms with Crippen molar-refractivity contribution in [2.45, 2.75) is 13.1 Å². The number of H-pyrrole nitrogens is 1. The Labute approximate surface area is 127 Å². The van der Waals surface area contributed by atoms with Crippen LogP contribution >= 0.6 is 0 Å². The number of rotatable bonds is 6. The number of aromatic nitrogens is 4. The van der Waals surface area contributed by atoms with E-state index in [2.05, 4.69) is 20.0 Å². The highest BCUT2D eigenvalue weighted by molar-refractivity contribution is 5.52. The standard InChI is InChI=1S/C15H17N5O2/c1-19(8-9-20-7-6-17-15(20)21)11-12-10-14(18-22-12)13-4-2-3-5-16-13/h2-7,10H,8-9,11H2,1H3,(H,17,21). The molecule has 0 radical (unpaired) electrons. The Morgan fingerprint density at radius 2 is 2.27 bits per heavy atom. The highest BCUT2D eigenvalue weighted by atomic mass is 16.5. The fraction of sp³-hybridized carbons (Fsp3) is 0.267. The molecular formula is C15H17N5O2. The van der Waals surface area contributed by atoms with Crippen molar-refractivity contribution in [1.82, 2.24) is 24.6 Å². The van der Waals surface area contributed by atoms with Crippen LogP contribution in [0.25, 0.3) is 11.4 Å². The van der Waals surface area contributed by atoms with Crippen molar-refractivity contribution < 1.29 is 4.52 Å². The second-order valence-corrected chi connectivity index (χ2v) is 5.09. The molecule has 0 unspecified atom stereocenters. The summed E-state index contributed by atoms with van der Waals surface area (Å²) in [6.45, 7) is 1.98. The predicted octanol–water partition coefficient (Wildman–Crippen LogP) is 1.36. The van der Waals surface area contributed by atoms with Crippen molar-refractivity contribution in [3.63, 3.8) is 0 Å². The normalized spacial score (nSPS) is 11.2.